The van der Waals surface area contributed by atoms with Crippen LogP contribution in [0.25, 0.3) is 0 Å². The van der Waals surface area contributed by atoms with E-state index in [0.29, 0.717) is 6.07 Å². The van der Waals surface area contributed by atoms with E-state index in [1.807, 2.05) is 0 Å². The first-order chi connectivity index (χ1) is 9.14. The summed E-state index contributed by atoms with van der Waals surface area (Å²) in [4.78, 5) is 13.9. The van der Waals surface area contributed by atoms with Gasteiger partial charge < -0.3 is 9.84 Å². The van der Waals surface area contributed by atoms with Crippen molar-refractivity contribution in [2.75, 3.05) is 0 Å². The summed E-state index contributed by atoms with van der Waals surface area (Å²) < 4.78 is 65.9. The highest BCUT2D eigenvalue weighted by Crippen LogP contribution is 2.34. The van der Waals surface area contributed by atoms with Crippen molar-refractivity contribution in [3.63, 3.8) is 0 Å². The third-order valence-corrected chi connectivity index (χ3v) is 2.63. The molecule has 0 bridgehead atoms. The van der Waals surface area contributed by atoms with Gasteiger partial charge >= 0.3 is 12.3 Å². The van der Waals surface area contributed by atoms with Gasteiger partial charge in [-0.05, 0) is 0 Å². The number of hydrogen-bond donors (Lipinski definition) is 1. The highest BCUT2D eigenvalue weighted by Gasteiger charge is 2.33. The van der Waals surface area contributed by atoms with Gasteiger partial charge in [-0.3, -0.25) is 9.78 Å². The van der Waals surface area contributed by atoms with Crippen LogP contribution < -0.4 is 4.74 Å². The third kappa shape index (κ3) is 4.58. The second-order valence-corrected chi connectivity index (χ2v) is 4.09. The predicted octanol–water partition coefficient (Wildman–Crippen LogP) is 3.44. The normalized spacial score (nSPS) is 11.8. The van der Waals surface area contributed by atoms with E-state index in [1.165, 1.54) is 0 Å². The van der Waals surface area contributed by atoms with E-state index in [2.05, 4.69) is 25.7 Å². The summed E-state index contributed by atoms with van der Waals surface area (Å²) in [7, 11) is 0. The molecular formula is C10H7BrF5NO3. The summed E-state index contributed by atoms with van der Waals surface area (Å²) in [6, 6.07) is 0.685. The molecule has 112 valence electrons. The minimum absolute atomic E-state index is 0.349. The molecule has 0 spiro atoms. The van der Waals surface area contributed by atoms with Crippen LogP contribution in [0.2, 0.25) is 0 Å². The van der Waals surface area contributed by atoms with Gasteiger partial charge in [-0.2, -0.15) is 0 Å². The van der Waals surface area contributed by atoms with Crippen LogP contribution in [-0.2, 0) is 16.5 Å². The lowest BCUT2D eigenvalue weighted by atomic mass is 10.1. The fraction of sp³-hybridized carbons (Fsp3) is 0.400. The van der Waals surface area contributed by atoms with E-state index in [4.69, 9.17) is 5.11 Å². The zero-order valence-electron chi connectivity index (χ0n) is 9.55. The molecule has 0 saturated heterocycles. The zero-order chi connectivity index (χ0) is 15.5. The molecule has 1 aromatic rings. The van der Waals surface area contributed by atoms with Crippen LogP contribution in [0.3, 0.4) is 0 Å². The molecule has 0 aromatic carbocycles. The van der Waals surface area contributed by atoms with E-state index >= 15 is 0 Å². The molecule has 0 fully saturated rings. The molecule has 1 rings (SSSR count). The number of halogens is 6. The quantitative estimate of drug-likeness (QED) is 0.643. The first-order valence-corrected chi connectivity index (χ1v) is 6.10. The smallest absolute Gasteiger partial charge is 0.481 e. The first kappa shape index (κ1) is 16.6. The Bertz CT molecular complexity index is 506. The molecule has 0 atom stereocenters. The van der Waals surface area contributed by atoms with Crippen molar-refractivity contribution >= 4 is 21.9 Å². The van der Waals surface area contributed by atoms with E-state index in [9.17, 15) is 26.7 Å². The predicted molar refractivity (Wildman–Crippen MR) is 59.8 cm³/mol. The number of rotatable bonds is 5. The van der Waals surface area contributed by atoms with Crippen LogP contribution in [0.5, 0.6) is 5.75 Å². The van der Waals surface area contributed by atoms with E-state index in [0.717, 1.165) is 0 Å². The summed E-state index contributed by atoms with van der Waals surface area (Å²) in [5, 5.41) is 8.20. The maximum atomic E-state index is 12.8. The number of nitrogens with zero attached hydrogens (tertiary/aromatic N) is 1. The van der Waals surface area contributed by atoms with Crippen LogP contribution in [0.1, 0.15) is 23.4 Å². The molecule has 1 aromatic heterocycles. The summed E-state index contributed by atoms with van der Waals surface area (Å²) in [5.74, 6) is -2.31. The summed E-state index contributed by atoms with van der Waals surface area (Å²) in [6.07, 6.45) is -9.04. The van der Waals surface area contributed by atoms with Crippen molar-refractivity contribution in [1.29, 1.82) is 0 Å². The maximum Gasteiger partial charge on any atom is 0.573 e. The molecule has 20 heavy (non-hydrogen) atoms. The molecule has 10 heteroatoms. The molecule has 0 aliphatic carbocycles. The Morgan fingerprint density at radius 2 is 2.05 bits per heavy atom. The molecule has 0 amide bonds. The summed E-state index contributed by atoms with van der Waals surface area (Å²) in [5.41, 5.74) is -1.87. The molecule has 0 aliphatic rings. The molecule has 0 unspecified atom stereocenters. The van der Waals surface area contributed by atoms with Crippen LogP contribution in [-0.4, -0.2) is 22.4 Å². The number of carboxylic acids is 1. The minimum atomic E-state index is -5.09. The maximum absolute atomic E-state index is 12.8. The number of pyridine rings is 1. The Kier molecular flexibility index (Phi) is 5.26. The standard InChI is InChI=1S/C10H7BrF5NO3/c11-3-5-6(20-10(14,15)16)1-4(2-7(18)19)17-8(5)9(12)13/h1,9H,2-3H2,(H,18,19). The first-order valence-electron chi connectivity index (χ1n) is 4.98. The van der Waals surface area contributed by atoms with Crippen molar-refractivity contribution in [3.05, 3.63) is 23.0 Å². The van der Waals surface area contributed by atoms with Gasteiger partial charge in [-0.25, -0.2) is 8.78 Å². The van der Waals surface area contributed by atoms with Crippen molar-refractivity contribution in [2.24, 2.45) is 0 Å². The second-order valence-electron chi connectivity index (χ2n) is 3.53. The lowest BCUT2D eigenvalue weighted by Gasteiger charge is -2.16. The van der Waals surface area contributed by atoms with Crippen LogP contribution >= 0.6 is 15.9 Å². The molecule has 4 nitrogen and oxygen atoms in total. The van der Waals surface area contributed by atoms with Gasteiger partial charge in [0.1, 0.15) is 11.4 Å². The molecule has 0 aliphatic heterocycles. The van der Waals surface area contributed by atoms with Gasteiger partial charge in [-0.15, -0.1) is 13.2 Å². The van der Waals surface area contributed by atoms with Gasteiger partial charge in [0.05, 0.1) is 12.1 Å². The molecule has 0 radical (unpaired) electrons. The average molecular weight is 364 g/mol. The Balaban J connectivity index is 3.36. The largest absolute Gasteiger partial charge is 0.573 e. The highest BCUT2D eigenvalue weighted by atomic mass is 79.9. The summed E-state index contributed by atoms with van der Waals surface area (Å²) in [6.45, 7) is 0. The lowest BCUT2D eigenvalue weighted by molar-refractivity contribution is -0.274. The third-order valence-electron chi connectivity index (χ3n) is 2.07. The molecular weight excluding hydrogens is 357 g/mol. The van der Waals surface area contributed by atoms with E-state index in [-0.39, 0.29) is 5.33 Å². The Morgan fingerprint density at radius 3 is 2.45 bits per heavy atom. The highest BCUT2D eigenvalue weighted by molar-refractivity contribution is 9.08. The Hall–Kier alpha value is -1.45. The minimum Gasteiger partial charge on any atom is -0.481 e. The molecule has 1 N–H and O–H groups in total. The number of carbonyl (C=O) groups is 1. The number of aliphatic carboxylic acids is 1. The van der Waals surface area contributed by atoms with Gasteiger partial charge in [0, 0.05) is 17.0 Å². The number of ether oxygens (including phenoxy) is 1. The fourth-order valence-electron chi connectivity index (χ4n) is 1.40. The van der Waals surface area contributed by atoms with Crippen molar-refractivity contribution in [1.82, 2.24) is 4.98 Å². The van der Waals surface area contributed by atoms with Crippen LogP contribution in [0, 0.1) is 0 Å². The summed E-state index contributed by atoms with van der Waals surface area (Å²) >= 11 is 2.77. The van der Waals surface area contributed by atoms with Crippen molar-refractivity contribution in [3.8, 4) is 5.75 Å². The number of carboxylic acid groups (broad SMARTS) is 1. The van der Waals surface area contributed by atoms with Crippen LogP contribution in [0.4, 0.5) is 22.0 Å². The number of hydrogen-bond acceptors (Lipinski definition) is 3. The monoisotopic (exact) mass is 363 g/mol. The van der Waals surface area contributed by atoms with Gasteiger partial charge in [0.25, 0.3) is 6.43 Å². The van der Waals surface area contributed by atoms with E-state index < -0.39 is 47.9 Å². The van der Waals surface area contributed by atoms with Gasteiger partial charge in [-0.1, -0.05) is 15.9 Å². The van der Waals surface area contributed by atoms with Crippen LogP contribution in [0.15, 0.2) is 6.07 Å². The number of alkyl halides is 6. The topological polar surface area (TPSA) is 59.4 Å². The average Bonchev–Trinajstić information content (AvgIpc) is 2.25. The number of aromatic nitrogens is 1. The van der Waals surface area contributed by atoms with Gasteiger partial charge in [0.15, 0.2) is 0 Å². The van der Waals surface area contributed by atoms with Gasteiger partial charge in [0.2, 0.25) is 0 Å². The SMILES string of the molecule is O=C(O)Cc1cc(OC(F)(F)F)c(CBr)c(C(F)F)n1. The molecule has 0 saturated carbocycles. The zero-order valence-corrected chi connectivity index (χ0v) is 11.1. The van der Waals surface area contributed by atoms with Crippen molar-refractivity contribution in [2.45, 2.75) is 24.5 Å². The molecule has 1 heterocycles. The van der Waals surface area contributed by atoms with Crippen molar-refractivity contribution < 1.29 is 36.6 Å². The lowest BCUT2D eigenvalue weighted by Crippen LogP contribution is -2.19. The fourth-order valence-corrected chi connectivity index (χ4v) is 1.96. The Labute approximate surface area is 117 Å². The second kappa shape index (κ2) is 6.33. The Morgan fingerprint density at radius 1 is 1.45 bits per heavy atom. The van der Waals surface area contributed by atoms with E-state index in [1.54, 1.807) is 0 Å².